The average molecular weight is 383 g/mol. The highest BCUT2D eigenvalue weighted by Gasteiger charge is 2.20. The summed E-state index contributed by atoms with van der Waals surface area (Å²) >= 11 is 5.90. The lowest BCUT2D eigenvalue weighted by Crippen LogP contribution is -2.44. The molecule has 1 aliphatic rings. The fourth-order valence-corrected chi connectivity index (χ4v) is 2.75. The Kier molecular flexibility index (Phi) is 11.7. The summed E-state index contributed by atoms with van der Waals surface area (Å²) in [6, 6.07) is 8.36. The molecule has 0 atom stereocenters. The Morgan fingerprint density at radius 3 is 2.39 bits per heavy atom. The number of hydrogen-bond donors (Lipinski definition) is 2. The number of piperidine rings is 1. The predicted octanol–water partition coefficient (Wildman–Crippen LogP) is 2.87. The van der Waals surface area contributed by atoms with Gasteiger partial charge in [-0.05, 0) is 37.6 Å². The lowest BCUT2D eigenvalue weighted by molar-refractivity contribution is -0.122. The largest absolute Gasteiger partial charge is 0.353 e. The first-order chi connectivity index (χ1) is 10.2. The quantitative estimate of drug-likeness (QED) is 0.795. The summed E-state index contributed by atoms with van der Waals surface area (Å²) in [5.41, 5.74) is 1.29. The van der Waals surface area contributed by atoms with E-state index in [1.165, 1.54) is 5.56 Å². The molecule has 0 radical (unpaired) electrons. The number of halogens is 3. The van der Waals surface area contributed by atoms with Crippen LogP contribution in [0.2, 0.25) is 5.02 Å². The second kappa shape index (κ2) is 11.9. The molecule has 7 heteroatoms. The zero-order valence-electron chi connectivity index (χ0n) is 13.4. The summed E-state index contributed by atoms with van der Waals surface area (Å²) in [5, 5.41) is 6.90. The zero-order chi connectivity index (χ0) is 15.1. The Balaban J connectivity index is 0.00000242. The SMILES string of the molecule is CNCCC(=O)NC1CCN(Cc2ccc(Cl)cc2)CC1.Cl.Cl. The fourth-order valence-electron chi connectivity index (χ4n) is 2.62. The fraction of sp³-hybridized carbons (Fsp3) is 0.562. The molecule has 2 N–H and O–H groups in total. The summed E-state index contributed by atoms with van der Waals surface area (Å²) in [6.07, 6.45) is 2.61. The molecule has 0 unspecified atom stereocenters. The second-order valence-corrected chi connectivity index (χ2v) is 6.03. The number of carbonyl (C=O) groups excluding carboxylic acids is 1. The van der Waals surface area contributed by atoms with Gasteiger partial charge < -0.3 is 10.6 Å². The Hall–Kier alpha value is -0.520. The third-order valence-electron chi connectivity index (χ3n) is 3.87. The summed E-state index contributed by atoms with van der Waals surface area (Å²) in [5.74, 6) is 0.153. The molecule has 23 heavy (non-hydrogen) atoms. The smallest absolute Gasteiger partial charge is 0.221 e. The highest BCUT2D eigenvalue weighted by molar-refractivity contribution is 6.30. The van der Waals surface area contributed by atoms with Crippen LogP contribution in [0.4, 0.5) is 0 Å². The molecule has 0 aliphatic carbocycles. The number of carbonyl (C=O) groups is 1. The molecule has 2 rings (SSSR count). The topological polar surface area (TPSA) is 44.4 Å². The molecule has 0 aromatic heterocycles. The van der Waals surface area contributed by atoms with Gasteiger partial charge in [-0.2, -0.15) is 0 Å². The van der Waals surface area contributed by atoms with Crippen molar-refractivity contribution in [3.8, 4) is 0 Å². The molecule has 1 heterocycles. The predicted molar refractivity (Wildman–Crippen MR) is 101 cm³/mol. The van der Waals surface area contributed by atoms with Gasteiger partial charge in [0.2, 0.25) is 5.91 Å². The molecule has 0 saturated carbocycles. The van der Waals surface area contributed by atoms with E-state index in [2.05, 4.69) is 27.7 Å². The van der Waals surface area contributed by atoms with E-state index in [4.69, 9.17) is 11.6 Å². The van der Waals surface area contributed by atoms with Crippen LogP contribution in [0.5, 0.6) is 0 Å². The van der Waals surface area contributed by atoms with Crippen LogP contribution in [0.3, 0.4) is 0 Å². The summed E-state index contributed by atoms with van der Waals surface area (Å²) in [6.45, 7) is 3.75. The molecule has 1 aromatic carbocycles. The van der Waals surface area contributed by atoms with E-state index in [0.29, 0.717) is 12.5 Å². The van der Waals surface area contributed by atoms with Crippen molar-refractivity contribution in [1.82, 2.24) is 15.5 Å². The third kappa shape index (κ3) is 8.23. The first-order valence-electron chi connectivity index (χ1n) is 7.58. The maximum atomic E-state index is 11.7. The minimum Gasteiger partial charge on any atom is -0.353 e. The number of amides is 1. The number of rotatable bonds is 6. The normalized spacial score (nSPS) is 15.4. The Labute approximate surface area is 156 Å². The third-order valence-corrected chi connectivity index (χ3v) is 4.13. The Morgan fingerprint density at radius 2 is 1.83 bits per heavy atom. The van der Waals surface area contributed by atoms with E-state index in [-0.39, 0.29) is 30.7 Å². The van der Waals surface area contributed by atoms with Crippen LogP contribution in [-0.2, 0) is 11.3 Å². The molecule has 0 spiro atoms. The molecular weight excluding hydrogens is 357 g/mol. The Morgan fingerprint density at radius 1 is 1.22 bits per heavy atom. The molecule has 1 amide bonds. The van der Waals surface area contributed by atoms with E-state index in [1.807, 2.05) is 19.2 Å². The molecule has 1 aliphatic heterocycles. The van der Waals surface area contributed by atoms with Gasteiger partial charge in [-0.15, -0.1) is 24.8 Å². The van der Waals surface area contributed by atoms with Gasteiger partial charge in [-0.1, -0.05) is 23.7 Å². The minimum atomic E-state index is 0. The van der Waals surface area contributed by atoms with Crippen LogP contribution < -0.4 is 10.6 Å². The maximum absolute atomic E-state index is 11.7. The summed E-state index contributed by atoms with van der Waals surface area (Å²) < 4.78 is 0. The van der Waals surface area contributed by atoms with Crippen molar-refractivity contribution in [2.45, 2.75) is 31.8 Å². The second-order valence-electron chi connectivity index (χ2n) is 5.60. The van der Waals surface area contributed by atoms with Gasteiger partial charge in [0.15, 0.2) is 0 Å². The van der Waals surface area contributed by atoms with E-state index in [0.717, 1.165) is 44.0 Å². The van der Waals surface area contributed by atoms with Crippen molar-refractivity contribution in [2.24, 2.45) is 0 Å². The molecule has 132 valence electrons. The van der Waals surface area contributed by atoms with Crippen molar-refractivity contribution in [3.05, 3.63) is 34.9 Å². The highest BCUT2D eigenvalue weighted by atomic mass is 35.5. The number of likely N-dealkylation sites (tertiary alicyclic amines) is 1. The lowest BCUT2D eigenvalue weighted by atomic mass is 10.0. The van der Waals surface area contributed by atoms with Crippen LogP contribution in [0.15, 0.2) is 24.3 Å². The number of nitrogens with zero attached hydrogens (tertiary/aromatic N) is 1. The van der Waals surface area contributed by atoms with Gasteiger partial charge >= 0.3 is 0 Å². The van der Waals surface area contributed by atoms with Gasteiger partial charge in [-0.25, -0.2) is 0 Å². The van der Waals surface area contributed by atoms with Crippen molar-refractivity contribution >= 4 is 42.3 Å². The molecule has 1 saturated heterocycles. The van der Waals surface area contributed by atoms with Gasteiger partial charge in [0, 0.05) is 43.7 Å². The maximum Gasteiger partial charge on any atom is 0.221 e. The van der Waals surface area contributed by atoms with E-state index < -0.39 is 0 Å². The Bertz CT molecular complexity index is 448. The standard InChI is InChI=1S/C16H24ClN3O.2ClH/c1-18-9-6-16(21)19-15-7-10-20(11-8-15)12-13-2-4-14(17)5-3-13;;/h2-5,15,18H,6-12H2,1H3,(H,19,21);2*1H. The van der Waals surface area contributed by atoms with Crippen LogP contribution in [0, 0.1) is 0 Å². The number of hydrogen-bond acceptors (Lipinski definition) is 3. The monoisotopic (exact) mass is 381 g/mol. The lowest BCUT2D eigenvalue weighted by Gasteiger charge is -2.32. The first kappa shape index (κ1) is 22.5. The molecular formula is C16H26Cl3N3O. The minimum absolute atomic E-state index is 0. The number of nitrogens with one attached hydrogen (secondary N) is 2. The van der Waals surface area contributed by atoms with Crippen molar-refractivity contribution < 1.29 is 4.79 Å². The van der Waals surface area contributed by atoms with Crippen LogP contribution >= 0.6 is 36.4 Å². The van der Waals surface area contributed by atoms with E-state index in [1.54, 1.807) is 0 Å². The van der Waals surface area contributed by atoms with Gasteiger partial charge in [0.25, 0.3) is 0 Å². The molecule has 1 fully saturated rings. The van der Waals surface area contributed by atoms with E-state index in [9.17, 15) is 4.79 Å². The first-order valence-corrected chi connectivity index (χ1v) is 7.96. The number of benzene rings is 1. The molecule has 4 nitrogen and oxygen atoms in total. The summed E-state index contributed by atoms with van der Waals surface area (Å²) in [7, 11) is 1.86. The molecule has 1 aromatic rings. The highest BCUT2D eigenvalue weighted by Crippen LogP contribution is 2.16. The van der Waals surface area contributed by atoms with Crippen molar-refractivity contribution in [3.63, 3.8) is 0 Å². The van der Waals surface area contributed by atoms with Crippen LogP contribution in [0.1, 0.15) is 24.8 Å². The zero-order valence-corrected chi connectivity index (χ0v) is 15.8. The van der Waals surface area contributed by atoms with Crippen molar-refractivity contribution in [2.75, 3.05) is 26.7 Å². The van der Waals surface area contributed by atoms with Crippen LogP contribution in [0.25, 0.3) is 0 Å². The van der Waals surface area contributed by atoms with E-state index >= 15 is 0 Å². The van der Waals surface area contributed by atoms with Crippen LogP contribution in [-0.4, -0.2) is 43.5 Å². The van der Waals surface area contributed by atoms with Crippen molar-refractivity contribution in [1.29, 1.82) is 0 Å². The average Bonchev–Trinajstić information content (AvgIpc) is 2.49. The molecule has 0 bridgehead atoms. The van der Waals surface area contributed by atoms with Gasteiger partial charge in [0.1, 0.15) is 0 Å². The summed E-state index contributed by atoms with van der Waals surface area (Å²) in [4.78, 5) is 14.1. The van der Waals surface area contributed by atoms with Gasteiger partial charge in [-0.3, -0.25) is 9.69 Å². The van der Waals surface area contributed by atoms with Gasteiger partial charge in [0.05, 0.1) is 0 Å².